The Kier molecular flexibility index (Phi) is 5.89. The predicted molar refractivity (Wildman–Crippen MR) is 100 cm³/mol. The molecular weight excluding hydrogens is 331 g/mol. The number of benzene rings is 2. The standard InChI is InChI=1S/C21H25FN2O2/c1-14-10-19(26-13-15-4-2-6-17(22)11-15)8-9-20(14)24-21(25)16-5-3-7-18(23)12-16/h2,4,6,8-11,16,18H,3,5,7,12-13,23H2,1H3,(H,24,25). The maximum Gasteiger partial charge on any atom is 0.227 e. The summed E-state index contributed by atoms with van der Waals surface area (Å²) in [6.45, 7) is 2.22. The molecule has 5 heteroatoms. The first-order chi connectivity index (χ1) is 12.5. The first-order valence-electron chi connectivity index (χ1n) is 9.05. The SMILES string of the molecule is Cc1cc(OCc2cccc(F)c2)ccc1NC(=O)C1CCCC(N)C1. The van der Waals surface area contributed by atoms with Gasteiger partial charge < -0.3 is 15.8 Å². The molecule has 0 heterocycles. The molecule has 1 amide bonds. The molecule has 138 valence electrons. The van der Waals surface area contributed by atoms with E-state index in [1.54, 1.807) is 6.07 Å². The molecule has 0 saturated heterocycles. The van der Waals surface area contributed by atoms with Crippen LogP contribution in [-0.4, -0.2) is 11.9 Å². The summed E-state index contributed by atoms with van der Waals surface area (Å²) >= 11 is 0. The molecule has 2 unspecified atom stereocenters. The van der Waals surface area contributed by atoms with Crippen LogP contribution in [0.1, 0.15) is 36.8 Å². The van der Waals surface area contributed by atoms with Gasteiger partial charge in [-0.05, 0) is 67.6 Å². The fourth-order valence-electron chi connectivity index (χ4n) is 3.36. The molecule has 2 aromatic rings. The Morgan fingerprint density at radius 2 is 2.12 bits per heavy atom. The Morgan fingerprint density at radius 3 is 2.85 bits per heavy atom. The Labute approximate surface area is 153 Å². The lowest BCUT2D eigenvalue weighted by atomic mass is 9.85. The van der Waals surface area contributed by atoms with Crippen molar-refractivity contribution in [1.82, 2.24) is 0 Å². The number of hydrogen-bond acceptors (Lipinski definition) is 3. The number of amides is 1. The van der Waals surface area contributed by atoms with Crippen molar-refractivity contribution in [3.63, 3.8) is 0 Å². The van der Waals surface area contributed by atoms with E-state index in [2.05, 4.69) is 5.32 Å². The van der Waals surface area contributed by atoms with Crippen molar-refractivity contribution in [2.75, 3.05) is 5.32 Å². The summed E-state index contributed by atoms with van der Waals surface area (Å²) in [5, 5.41) is 3.01. The number of ether oxygens (including phenoxy) is 1. The molecule has 3 N–H and O–H groups in total. The molecule has 0 spiro atoms. The third kappa shape index (κ3) is 4.82. The molecule has 0 radical (unpaired) electrons. The molecule has 2 atom stereocenters. The number of halogens is 1. The van der Waals surface area contributed by atoms with Crippen LogP contribution in [0.25, 0.3) is 0 Å². The summed E-state index contributed by atoms with van der Waals surface area (Å²) in [7, 11) is 0. The summed E-state index contributed by atoms with van der Waals surface area (Å²) in [5.74, 6) is 0.436. The highest BCUT2D eigenvalue weighted by Crippen LogP contribution is 2.27. The highest BCUT2D eigenvalue weighted by molar-refractivity contribution is 5.93. The van der Waals surface area contributed by atoms with E-state index < -0.39 is 0 Å². The zero-order chi connectivity index (χ0) is 18.5. The molecule has 4 nitrogen and oxygen atoms in total. The van der Waals surface area contributed by atoms with Gasteiger partial charge >= 0.3 is 0 Å². The van der Waals surface area contributed by atoms with Crippen LogP contribution in [0.2, 0.25) is 0 Å². The lowest BCUT2D eigenvalue weighted by Crippen LogP contribution is -2.34. The van der Waals surface area contributed by atoms with Crippen molar-refractivity contribution in [3.05, 3.63) is 59.4 Å². The van der Waals surface area contributed by atoms with Gasteiger partial charge in [0.05, 0.1) is 0 Å². The van der Waals surface area contributed by atoms with Crippen LogP contribution in [0, 0.1) is 18.7 Å². The molecule has 0 aliphatic heterocycles. The summed E-state index contributed by atoms with van der Waals surface area (Å²) in [5.41, 5.74) is 8.46. The molecule has 26 heavy (non-hydrogen) atoms. The summed E-state index contributed by atoms with van der Waals surface area (Å²) in [6.07, 6.45) is 3.65. The Balaban J connectivity index is 1.59. The van der Waals surface area contributed by atoms with Crippen molar-refractivity contribution in [3.8, 4) is 5.75 Å². The molecular formula is C21H25FN2O2. The second-order valence-electron chi connectivity index (χ2n) is 7.01. The second-order valence-corrected chi connectivity index (χ2v) is 7.01. The van der Waals surface area contributed by atoms with Crippen molar-refractivity contribution >= 4 is 11.6 Å². The number of anilines is 1. The van der Waals surface area contributed by atoms with Gasteiger partial charge in [0.15, 0.2) is 0 Å². The Bertz CT molecular complexity index is 778. The van der Waals surface area contributed by atoms with E-state index in [0.29, 0.717) is 12.4 Å². The zero-order valence-corrected chi connectivity index (χ0v) is 15.0. The summed E-state index contributed by atoms with van der Waals surface area (Å²) in [6, 6.07) is 12.0. The lowest BCUT2D eigenvalue weighted by Gasteiger charge is -2.26. The molecule has 3 rings (SSSR count). The van der Waals surface area contributed by atoms with Crippen LogP contribution in [0.5, 0.6) is 5.75 Å². The van der Waals surface area contributed by atoms with Crippen molar-refractivity contribution in [2.24, 2.45) is 11.7 Å². The van der Waals surface area contributed by atoms with Crippen LogP contribution >= 0.6 is 0 Å². The monoisotopic (exact) mass is 356 g/mol. The van der Waals surface area contributed by atoms with Gasteiger partial charge in [-0.25, -0.2) is 4.39 Å². The number of carbonyl (C=O) groups excluding carboxylic acids is 1. The van der Waals surface area contributed by atoms with Gasteiger partial charge in [-0.15, -0.1) is 0 Å². The number of rotatable bonds is 5. The van der Waals surface area contributed by atoms with E-state index in [0.717, 1.165) is 42.5 Å². The van der Waals surface area contributed by atoms with E-state index in [-0.39, 0.29) is 23.7 Å². The smallest absolute Gasteiger partial charge is 0.227 e. The molecule has 0 bridgehead atoms. The zero-order valence-electron chi connectivity index (χ0n) is 15.0. The van der Waals surface area contributed by atoms with Crippen molar-refractivity contribution in [2.45, 2.75) is 45.3 Å². The van der Waals surface area contributed by atoms with Gasteiger partial charge in [0.25, 0.3) is 0 Å². The Morgan fingerprint density at radius 1 is 1.27 bits per heavy atom. The highest BCUT2D eigenvalue weighted by atomic mass is 19.1. The first-order valence-corrected chi connectivity index (χ1v) is 9.05. The minimum Gasteiger partial charge on any atom is -0.489 e. The van der Waals surface area contributed by atoms with Crippen molar-refractivity contribution in [1.29, 1.82) is 0 Å². The quantitative estimate of drug-likeness (QED) is 0.845. The molecule has 0 aromatic heterocycles. The topological polar surface area (TPSA) is 64.3 Å². The minimum atomic E-state index is -0.275. The largest absolute Gasteiger partial charge is 0.489 e. The number of hydrogen-bond donors (Lipinski definition) is 2. The third-order valence-corrected chi connectivity index (χ3v) is 4.84. The molecule has 2 aromatic carbocycles. The van der Waals surface area contributed by atoms with E-state index >= 15 is 0 Å². The van der Waals surface area contributed by atoms with E-state index in [1.807, 2.05) is 31.2 Å². The number of nitrogens with two attached hydrogens (primary N) is 1. The summed E-state index contributed by atoms with van der Waals surface area (Å²) in [4.78, 5) is 12.5. The van der Waals surface area contributed by atoms with E-state index in [4.69, 9.17) is 10.5 Å². The predicted octanol–water partition coefficient (Wildman–Crippen LogP) is 4.17. The highest BCUT2D eigenvalue weighted by Gasteiger charge is 2.25. The first kappa shape index (κ1) is 18.4. The van der Waals surface area contributed by atoms with Gasteiger partial charge in [-0.3, -0.25) is 4.79 Å². The maximum absolute atomic E-state index is 13.2. The molecule has 1 aliphatic rings. The van der Waals surface area contributed by atoms with E-state index in [1.165, 1.54) is 12.1 Å². The fourth-order valence-corrected chi connectivity index (χ4v) is 3.36. The number of carbonyl (C=O) groups is 1. The molecule has 1 saturated carbocycles. The number of nitrogens with one attached hydrogen (secondary N) is 1. The lowest BCUT2D eigenvalue weighted by molar-refractivity contribution is -0.120. The van der Waals surface area contributed by atoms with Gasteiger partial charge in [0.2, 0.25) is 5.91 Å². The number of aryl methyl sites for hydroxylation is 1. The minimum absolute atomic E-state index is 0.0120. The third-order valence-electron chi connectivity index (χ3n) is 4.84. The van der Waals surface area contributed by atoms with Crippen LogP contribution < -0.4 is 15.8 Å². The van der Waals surface area contributed by atoms with Crippen LogP contribution in [0.15, 0.2) is 42.5 Å². The van der Waals surface area contributed by atoms with Crippen LogP contribution in [-0.2, 0) is 11.4 Å². The van der Waals surface area contributed by atoms with Gasteiger partial charge in [0.1, 0.15) is 18.2 Å². The van der Waals surface area contributed by atoms with Crippen molar-refractivity contribution < 1.29 is 13.9 Å². The normalized spacial score (nSPS) is 19.8. The van der Waals surface area contributed by atoms with Gasteiger partial charge in [-0.1, -0.05) is 18.6 Å². The van der Waals surface area contributed by atoms with Gasteiger partial charge in [-0.2, -0.15) is 0 Å². The second kappa shape index (κ2) is 8.32. The average molecular weight is 356 g/mol. The van der Waals surface area contributed by atoms with Gasteiger partial charge in [0, 0.05) is 17.6 Å². The maximum atomic E-state index is 13.2. The van der Waals surface area contributed by atoms with E-state index in [9.17, 15) is 9.18 Å². The molecule has 1 fully saturated rings. The Hall–Kier alpha value is -2.40. The summed E-state index contributed by atoms with van der Waals surface area (Å²) < 4.78 is 18.9. The van der Waals surface area contributed by atoms with Crippen LogP contribution in [0.3, 0.4) is 0 Å². The van der Waals surface area contributed by atoms with Crippen LogP contribution in [0.4, 0.5) is 10.1 Å². The average Bonchev–Trinajstić information content (AvgIpc) is 2.62. The molecule has 1 aliphatic carbocycles. The fraction of sp³-hybridized carbons (Fsp3) is 0.381.